The third-order valence-corrected chi connectivity index (χ3v) is 4.50. The highest BCUT2D eigenvalue weighted by molar-refractivity contribution is 5.69. The Hall–Kier alpha value is -1.63. The first-order valence-corrected chi connectivity index (χ1v) is 8.39. The molecule has 1 aromatic carbocycles. The van der Waals surface area contributed by atoms with Gasteiger partial charge < -0.3 is 18.9 Å². The van der Waals surface area contributed by atoms with Crippen molar-refractivity contribution in [3.63, 3.8) is 0 Å². The van der Waals surface area contributed by atoms with E-state index in [-0.39, 0.29) is 30.4 Å². The number of epoxide rings is 1. The molecule has 6 nitrogen and oxygen atoms in total. The number of likely N-dealkylation sites (tertiary alicyclic amines) is 1. The summed E-state index contributed by atoms with van der Waals surface area (Å²) in [6, 6.07) is 9.65. The second-order valence-electron chi connectivity index (χ2n) is 7.52. The summed E-state index contributed by atoms with van der Waals surface area (Å²) < 4.78 is 23.3. The maximum Gasteiger partial charge on any atom is 0.410 e. The number of benzene rings is 1. The van der Waals surface area contributed by atoms with Gasteiger partial charge in [-0.15, -0.1) is 0 Å². The molecule has 0 aliphatic carbocycles. The number of nitrogens with zero attached hydrogens (tertiary/aromatic N) is 1. The third-order valence-electron chi connectivity index (χ3n) is 4.50. The van der Waals surface area contributed by atoms with Gasteiger partial charge in [0.2, 0.25) is 0 Å². The van der Waals surface area contributed by atoms with Crippen LogP contribution in [0.2, 0.25) is 0 Å². The fourth-order valence-corrected chi connectivity index (χ4v) is 3.35. The van der Waals surface area contributed by atoms with E-state index in [4.69, 9.17) is 18.9 Å². The van der Waals surface area contributed by atoms with Gasteiger partial charge in [-0.3, -0.25) is 4.90 Å². The second kappa shape index (κ2) is 5.72. The molecule has 0 spiro atoms. The van der Waals surface area contributed by atoms with Crippen molar-refractivity contribution in [2.75, 3.05) is 13.2 Å². The molecular weight excluding hydrogens is 310 g/mol. The average Bonchev–Trinajstić information content (AvgIpc) is 3.32. The van der Waals surface area contributed by atoms with Crippen LogP contribution in [-0.4, -0.2) is 54.1 Å². The second-order valence-corrected chi connectivity index (χ2v) is 7.52. The number of carbonyl (C=O) groups is 1. The van der Waals surface area contributed by atoms with E-state index in [1.165, 1.54) is 0 Å². The number of rotatable bonds is 1. The normalized spacial score (nSPS) is 35.0. The smallest absolute Gasteiger partial charge is 0.410 e. The lowest BCUT2D eigenvalue weighted by Crippen LogP contribution is -2.60. The van der Waals surface area contributed by atoms with Crippen LogP contribution in [0.4, 0.5) is 4.79 Å². The Bertz CT molecular complexity index is 614. The summed E-state index contributed by atoms with van der Waals surface area (Å²) in [6.45, 7) is 6.53. The van der Waals surface area contributed by atoms with E-state index < -0.39 is 11.9 Å². The summed E-state index contributed by atoms with van der Waals surface area (Å²) in [7, 11) is 0. The highest BCUT2D eigenvalue weighted by atomic mass is 16.7. The lowest BCUT2D eigenvalue weighted by atomic mass is 9.98. The number of piperidine rings is 1. The van der Waals surface area contributed by atoms with Crippen LogP contribution in [0.5, 0.6) is 0 Å². The van der Waals surface area contributed by atoms with Crippen LogP contribution in [0.1, 0.15) is 32.6 Å². The molecule has 3 aliphatic rings. The molecular formula is C18H23NO5. The first kappa shape index (κ1) is 15.9. The monoisotopic (exact) mass is 333 g/mol. The van der Waals surface area contributed by atoms with Crippen LogP contribution in [0.15, 0.2) is 30.3 Å². The minimum Gasteiger partial charge on any atom is -0.444 e. The molecule has 0 N–H and O–H groups in total. The van der Waals surface area contributed by atoms with Crippen molar-refractivity contribution >= 4 is 6.09 Å². The Morgan fingerprint density at radius 2 is 1.92 bits per heavy atom. The van der Waals surface area contributed by atoms with Crippen molar-refractivity contribution < 1.29 is 23.7 Å². The van der Waals surface area contributed by atoms with Crippen molar-refractivity contribution in [3.8, 4) is 0 Å². The molecule has 4 rings (SSSR count). The van der Waals surface area contributed by atoms with Gasteiger partial charge in [-0.1, -0.05) is 30.3 Å². The first-order chi connectivity index (χ1) is 11.4. The van der Waals surface area contributed by atoms with Crippen LogP contribution < -0.4 is 0 Å². The van der Waals surface area contributed by atoms with Crippen LogP contribution in [0, 0.1) is 0 Å². The molecule has 6 heteroatoms. The maximum atomic E-state index is 12.5. The zero-order chi connectivity index (χ0) is 16.9. The van der Waals surface area contributed by atoms with E-state index in [1.54, 1.807) is 4.90 Å². The fourth-order valence-electron chi connectivity index (χ4n) is 3.35. The Morgan fingerprint density at radius 3 is 2.62 bits per heavy atom. The summed E-state index contributed by atoms with van der Waals surface area (Å²) in [5.41, 5.74) is 0.444. The van der Waals surface area contributed by atoms with E-state index in [2.05, 4.69) is 0 Å². The van der Waals surface area contributed by atoms with Crippen molar-refractivity contribution in [1.29, 1.82) is 0 Å². The Kier molecular flexibility index (Phi) is 3.78. The van der Waals surface area contributed by atoms with Gasteiger partial charge in [0, 0.05) is 5.56 Å². The molecule has 3 aliphatic heterocycles. The number of hydrogen-bond donors (Lipinski definition) is 0. The quantitative estimate of drug-likeness (QED) is 0.739. The number of fused-ring (bicyclic) bond motifs is 3. The summed E-state index contributed by atoms with van der Waals surface area (Å²) in [5.74, 6) is 0. The summed E-state index contributed by atoms with van der Waals surface area (Å²) in [6.07, 6.45) is -0.861. The van der Waals surface area contributed by atoms with E-state index >= 15 is 0 Å². The summed E-state index contributed by atoms with van der Waals surface area (Å²) in [5, 5.41) is 0. The number of hydrogen-bond acceptors (Lipinski definition) is 5. The van der Waals surface area contributed by atoms with Crippen LogP contribution in [0.25, 0.3) is 0 Å². The Labute approximate surface area is 141 Å². The molecule has 3 heterocycles. The summed E-state index contributed by atoms with van der Waals surface area (Å²) in [4.78, 5) is 14.2. The van der Waals surface area contributed by atoms with Crippen LogP contribution >= 0.6 is 0 Å². The van der Waals surface area contributed by atoms with E-state index in [0.717, 1.165) is 5.56 Å². The predicted molar refractivity (Wildman–Crippen MR) is 85.4 cm³/mol. The standard InChI is InChI=1S/C18H23NO5/c1-18(2,3)24-17(20)19-9-13-15(22-13)14-12(19)10-21-16(23-14)11-7-5-4-6-8-11/h4-8,12-16H,9-10H2,1-3H3/t12?,13?,14-,15-,16?/m1/s1. The molecule has 3 unspecified atom stereocenters. The fraction of sp³-hybridized carbons (Fsp3) is 0.611. The topological polar surface area (TPSA) is 60.5 Å². The molecule has 0 radical (unpaired) electrons. The Morgan fingerprint density at radius 1 is 1.17 bits per heavy atom. The van der Waals surface area contributed by atoms with Gasteiger partial charge in [0.1, 0.15) is 23.9 Å². The van der Waals surface area contributed by atoms with E-state index in [9.17, 15) is 4.79 Å². The van der Waals surface area contributed by atoms with Gasteiger partial charge in [0.25, 0.3) is 0 Å². The van der Waals surface area contributed by atoms with Gasteiger partial charge in [-0.2, -0.15) is 0 Å². The minimum absolute atomic E-state index is 0.0355. The zero-order valence-electron chi connectivity index (χ0n) is 14.2. The molecule has 3 saturated heterocycles. The van der Waals surface area contributed by atoms with Gasteiger partial charge in [0.15, 0.2) is 6.29 Å². The number of amides is 1. The van der Waals surface area contributed by atoms with Gasteiger partial charge in [0.05, 0.1) is 19.2 Å². The third kappa shape index (κ3) is 3.01. The molecule has 24 heavy (non-hydrogen) atoms. The maximum absolute atomic E-state index is 12.5. The predicted octanol–water partition coefficient (Wildman–Crippen LogP) is 2.49. The van der Waals surface area contributed by atoms with Crippen molar-refractivity contribution in [1.82, 2.24) is 4.90 Å². The highest BCUT2D eigenvalue weighted by Gasteiger charge is 2.59. The number of carbonyl (C=O) groups excluding carboxylic acids is 1. The van der Waals surface area contributed by atoms with Gasteiger partial charge in [-0.05, 0) is 20.8 Å². The minimum atomic E-state index is -0.531. The van der Waals surface area contributed by atoms with E-state index in [0.29, 0.717) is 13.2 Å². The van der Waals surface area contributed by atoms with Crippen LogP contribution in [-0.2, 0) is 18.9 Å². The largest absolute Gasteiger partial charge is 0.444 e. The molecule has 0 bridgehead atoms. The molecule has 0 aromatic heterocycles. The highest BCUT2D eigenvalue weighted by Crippen LogP contribution is 2.42. The van der Waals surface area contributed by atoms with Crippen LogP contribution in [0.3, 0.4) is 0 Å². The molecule has 1 aromatic rings. The number of ether oxygens (including phenoxy) is 4. The molecule has 5 atom stereocenters. The first-order valence-electron chi connectivity index (χ1n) is 8.39. The van der Waals surface area contributed by atoms with Crippen molar-refractivity contribution in [3.05, 3.63) is 35.9 Å². The molecule has 1 amide bonds. The van der Waals surface area contributed by atoms with Gasteiger partial charge >= 0.3 is 6.09 Å². The van der Waals surface area contributed by atoms with Crippen molar-refractivity contribution in [2.45, 2.75) is 57.0 Å². The zero-order valence-corrected chi connectivity index (χ0v) is 14.2. The Balaban J connectivity index is 1.50. The molecule has 0 saturated carbocycles. The molecule has 3 fully saturated rings. The van der Waals surface area contributed by atoms with Crippen molar-refractivity contribution in [2.24, 2.45) is 0 Å². The summed E-state index contributed by atoms with van der Waals surface area (Å²) >= 11 is 0. The lowest BCUT2D eigenvalue weighted by molar-refractivity contribution is -0.248. The SMILES string of the molecule is CC(C)(C)OC(=O)N1CC2O[C@H]2[C@@H]2OC(c3ccccc3)OCC21. The van der Waals surface area contributed by atoms with Gasteiger partial charge in [-0.25, -0.2) is 4.79 Å². The average molecular weight is 333 g/mol. The van der Waals surface area contributed by atoms with E-state index in [1.807, 2.05) is 51.1 Å². The molecule has 130 valence electrons. The lowest BCUT2D eigenvalue weighted by Gasteiger charge is -2.44.